The zero-order valence-corrected chi connectivity index (χ0v) is 18.0. The summed E-state index contributed by atoms with van der Waals surface area (Å²) in [4.78, 5) is 13.3. The Balaban J connectivity index is 2.21. The number of rotatable bonds is 10. The lowest BCUT2D eigenvalue weighted by Crippen LogP contribution is -2.39. The van der Waals surface area contributed by atoms with Gasteiger partial charge in [0, 0.05) is 24.7 Å². The summed E-state index contributed by atoms with van der Waals surface area (Å²) in [6.07, 6.45) is 3.37. The van der Waals surface area contributed by atoms with E-state index in [1.54, 1.807) is 13.8 Å². The third kappa shape index (κ3) is 6.15. The van der Waals surface area contributed by atoms with Gasteiger partial charge in [-0.3, -0.25) is 15.0 Å². The molecule has 1 saturated heterocycles. The minimum atomic E-state index is -3.78. The van der Waals surface area contributed by atoms with Crippen LogP contribution < -0.4 is 10.0 Å². The molecule has 0 radical (unpaired) electrons. The Morgan fingerprint density at radius 3 is 2.36 bits per heavy atom. The first-order valence-corrected chi connectivity index (χ1v) is 11.4. The van der Waals surface area contributed by atoms with Crippen LogP contribution in [0.15, 0.2) is 23.1 Å². The molecule has 0 aromatic heterocycles. The second-order valence-electron chi connectivity index (χ2n) is 8.12. The Labute approximate surface area is 167 Å². The van der Waals surface area contributed by atoms with Gasteiger partial charge >= 0.3 is 0 Å². The van der Waals surface area contributed by atoms with E-state index >= 15 is 0 Å². The Bertz CT molecular complexity index is 774. The summed E-state index contributed by atoms with van der Waals surface area (Å²) >= 11 is 0. The molecule has 1 aliphatic rings. The molecule has 28 heavy (non-hydrogen) atoms. The minimum absolute atomic E-state index is 0.100. The van der Waals surface area contributed by atoms with E-state index in [9.17, 15) is 18.5 Å². The van der Waals surface area contributed by atoms with Gasteiger partial charge in [-0.1, -0.05) is 13.8 Å². The summed E-state index contributed by atoms with van der Waals surface area (Å²) in [5.74, 6) is 0.525. The van der Waals surface area contributed by atoms with Crippen LogP contribution in [0.3, 0.4) is 0 Å². The molecule has 0 spiro atoms. The molecule has 2 rings (SSSR count). The molecule has 0 saturated carbocycles. The van der Waals surface area contributed by atoms with Gasteiger partial charge < -0.3 is 5.32 Å². The van der Waals surface area contributed by atoms with E-state index in [0.29, 0.717) is 24.2 Å². The molecule has 0 bridgehead atoms. The lowest BCUT2D eigenvalue weighted by molar-refractivity contribution is -0.384. The van der Waals surface area contributed by atoms with Crippen LogP contribution in [0.5, 0.6) is 0 Å². The molecule has 0 unspecified atom stereocenters. The van der Waals surface area contributed by atoms with Gasteiger partial charge in [0.05, 0.1) is 9.82 Å². The normalized spacial score (nSPS) is 16.6. The number of nitrogens with one attached hydrogen (secondary N) is 2. The van der Waals surface area contributed by atoms with Crippen molar-refractivity contribution >= 4 is 21.4 Å². The lowest BCUT2D eigenvalue weighted by atomic mass is 10.0. The van der Waals surface area contributed by atoms with Crippen LogP contribution >= 0.6 is 0 Å². The Morgan fingerprint density at radius 1 is 1.18 bits per heavy atom. The molecule has 0 aliphatic carbocycles. The number of nitrogens with zero attached hydrogens (tertiary/aromatic N) is 2. The average Bonchev–Trinajstić information content (AvgIpc) is 3.11. The number of hydrogen-bond donors (Lipinski definition) is 2. The maximum atomic E-state index is 12.3. The van der Waals surface area contributed by atoms with Gasteiger partial charge in [0.1, 0.15) is 5.69 Å². The van der Waals surface area contributed by atoms with Crippen molar-refractivity contribution in [3.05, 3.63) is 28.3 Å². The van der Waals surface area contributed by atoms with Gasteiger partial charge in [-0.15, -0.1) is 0 Å². The number of likely N-dealkylation sites (tertiary alicyclic amines) is 1. The van der Waals surface area contributed by atoms with Crippen LogP contribution in [0.4, 0.5) is 11.4 Å². The predicted octanol–water partition coefficient (Wildman–Crippen LogP) is 3.20. The highest BCUT2D eigenvalue weighted by molar-refractivity contribution is 7.89. The molecule has 1 fully saturated rings. The van der Waals surface area contributed by atoms with E-state index in [1.165, 1.54) is 25.0 Å². The van der Waals surface area contributed by atoms with Crippen LogP contribution in [-0.4, -0.2) is 50.0 Å². The smallest absolute Gasteiger partial charge is 0.293 e. The van der Waals surface area contributed by atoms with Crippen molar-refractivity contribution in [2.75, 3.05) is 25.0 Å². The van der Waals surface area contributed by atoms with Crippen LogP contribution in [0, 0.1) is 16.0 Å². The van der Waals surface area contributed by atoms with Gasteiger partial charge in [0.2, 0.25) is 10.0 Å². The van der Waals surface area contributed by atoms with Crippen molar-refractivity contribution in [3.8, 4) is 0 Å². The molecule has 1 aliphatic heterocycles. The first kappa shape index (κ1) is 22.6. The summed E-state index contributed by atoms with van der Waals surface area (Å²) in [5, 5.41) is 14.7. The van der Waals surface area contributed by atoms with Crippen molar-refractivity contribution in [1.82, 2.24) is 9.62 Å². The van der Waals surface area contributed by atoms with Gasteiger partial charge in [0.15, 0.2) is 0 Å². The quantitative estimate of drug-likeness (QED) is 0.452. The minimum Gasteiger partial charge on any atom is -0.378 e. The molecule has 0 amide bonds. The van der Waals surface area contributed by atoms with Crippen LogP contribution in [0.25, 0.3) is 0 Å². The van der Waals surface area contributed by atoms with Gasteiger partial charge in [-0.05, 0) is 64.3 Å². The molecule has 1 heterocycles. The summed E-state index contributed by atoms with van der Waals surface area (Å²) in [7, 11) is -3.78. The maximum absolute atomic E-state index is 12.3. The Hall–Kier alpha value is -1.71. The van der Waals surface area contributed by atoms with E-state index < -0.39 is 14.9 Å². The highest BCUT2D eigenvalue weighted by atomic mass is 32.2. The lowest BCUT2D eigenvalue weighted by Gasteiger charge is -2.29. The summed E-state index contributed by atoms with van der Waals surface area (Å²) < 4.78 is 27.1. The van der Waals surface area contributed by atoms with Crippen LogP contribution in [0.2, 0.25) is 0 Å². The average molecular weight is 413 g/mol. The molecule has 158 valence electrons. The third-order valence-corrected chi connectivity index (χ3v) is 6.45. The highest BCUT2D eigenvalue weighted by Crippen LogP contribution is 2.28. The van der Waals surface area contributed by atoms with Crippen LogP contribution in [-0.2, 0) is 10.0 Å². The second kappa shape index (κ2) is 9.67. The van der Waals surface area contributed by atoms with E-state index in [0.717, 1.165) is 25.6 Å². The fraction of sp³-hybridized carbons (Fsp3) is 0.684. The van der Waals surface area contributed by atoms with Gasteiger partial charge in [0.25, 0.3) is 5.69 Å². The number of benzene rings is 1. The second-order valence-corrected chi connectivity index (χ2v) is 9.83. The standard InChI is InChI=1S/C19H32N4O4S/c1-14(2)11-16(22-9-5-6-10-22)13-20-18-8-7-17(12-19(18)23(24)25)28(26,27)21-15(3)4/h7-8,12,14-16,20-21H,5-6,9-11,13H2,1-4H3/t16-/m1/s1. The number of nitro groups is 1. The third-order valence-electron chi connectivity index (χ3n) is 4.80. The number of hydrogen-bond acceptors (Lipinski definition) is 6. The molecule has 8 nitrogen and oxygen atoms in total. The number of sulfonamides is 1. The molecule has 2 N–H and O–H groups in total. The van der Waals surface area contributed by atoms with E-state index in [4.69, 9.17) is 0 Å². The summed E-state index contributed by atoms with van der Waals surface area (Å²) in [6.45, 7) is 10.5. The van der Waals surface area contributed by atoms with E-state index in [-0.39, 0.29) is 16.6 Å². The SMILES string of the molecule is CC(C)C[C@H](CNc1ccc(S(=O)(=O)NC(C)C)cc1[N+](=O)[O-])N1CCCC1. The van der Waals surface area contributed by atoms with Crippen molar-refractivity contribution in [3.63, 3.8) is 0 Å². The summed E-state index contributed by atoms with van der Waals surface area (Å²) in [5.41, 5.74) is 0.123. The molecule has 1 atom stereocenters. The molecule has 1 aromatic rings. The van der Waals surface area contributed by atoms with Crippen LogP contribution in [0.1, 0.15) is 47.0 Å². The fourth-order valence-corrected chi connectivity index (χ4v) is 4.87. The Kier molecular flexibility index (Phi) is 7.79. The molecule has 1 aromatic carbocycles. The zero-order valence-electron chi connectivity index (χ0n) is 17.1. The van der Waals surface area contributed by atoms with E-state index in [1.807, 2.05) is 0 Å². The number of nitro benzene ring substituents is 1. The van der Waals surface area contributed by atoms with Crippen molar-refractivity contribution in [2.45, 2.75) is 63.9 Å². The van der Waals surface area contributed by atoms with E-state index in [2.05, 4.69) is 28.8 Å². The van der Waals surface area contributed by atoms with Gasteiger partial charge in [-0.2, -0.15) is 0 Å². The first-order chi connectivity index (χ1) is 13.1. The monoisotopic (exact) mass is 412 g/mol. The Morgan fingerprint density at radius 2 is 1.82 bits per heavy atom. The largest absolute Gasteiger partial charge is 0.378 e. The van der Waals surface area contributed by atoms with Crippen molar-refractivity contribution < 1.29 is 13.3 Å². The highest BCUT2D eigenvalue weighted by Gasteiger charge is 2.25. The number of anilines is 1. The predicted molar refractivity (Wildman–Crippen MR) is 111 cm³/mol. The zero-order chi connectivity index (χ0) is 20.9. The molecular formula is C19H32N4O4S. The van der Waals surface area contributed by atoms with Gasteiger partial charge in [-0.25, -0.2) is 13.1 Å². The van der Waals surface area contributed by atoms with Crippen molar-refractivity contribution in [1.29, 1.82) is 0 Å². The fourth-order valence-electron chi connectivity index (χ4n) is 3.60. The topological polar surface area (TPSA) is 105 Å². The molecule has 9 heteroatoms. The first-order valence-electron chi connectivity index (χ1n) is 9.89. The maximum Gasteiger partial charge on any atom is 0.293 e. The summed E-state index contributed by atoms with van der Waals surface area (Å²) in [6, 6.07) is 4.03. The molecular weight excluding hydrogens is 380 g/mol. The van der Waals surface area contributed by atoms with Crippen molar-refractivity contribution in [2.24, 2.45) is 5.92 Å².